The van der Waals surface area contributed by atoms with Crippen molar-refractivity contribution in [3.8, 4) is 0 Å². The van der Waals surface area contributed by atoms with Crippen LogP contribution in [0.5, 0.6) is 0 Å². The first-order valence-corrected chi connectivity index (χ1v) is 9.70. The van der Waals surface area contributed by atoms with E-state index in [9.17, 15) is 9.59 Å². The van der Waals surface area contributed by atoms with Crippen molar-refractivity contribution < 1.29 is 14.3 Å². The number of hydrogen-bond donors (Lipinski definition) is 1. The van der Waals surface area contributed by atoms with Gasteiger partial charge in [0.1, 0.15) is 0 Å². The number of amides is 2. The molecule has 2 saturated heterocycles. The Morgan fingerprint density at radius 1 is 1.15 bits per heavy atom. The highest BCUT2D eigenvalue weighted by molar-refractivity contribution is 5.79. The Balaban J connectivity index is 1.51. The molecule has 1 saturated carbocycles. The molecule has 1 aromatic carbocycles. The highest BCUT2D eigenvalue weighted by Gasteiger charge is 2.59. The smallest absolute Gasteiger partial charge is 0.408 e. The summed E-state index contributed by atoms with van der Waals surface area (Å²) in [4.78, 5) is 26.9. The van der Waals surface area contributed by atoms with Gasteiger partial charge in [0.05, 0.1) is 12.1 Å². The number of ether oxygens (including phenoxy) is 1. The average Bonchev–Trinajstić information content (AvgIpc) is 3.28. The van der Waals surface area contributed by atoms with Crippen molar-refractivity contribution in [1.29, 1.82) is 0 Å². The van der Waals surface area contributed by atoms with Crippen LogP contribution in [0.25, 0.3) is 0 Å². The number of nitrogens with one attached hydrogen (secondary N) is 1. The van der Waals surface area contributed by atoms with E-state index in [2.05, 4.69) is 29.6 Å². The molecule has 1 N–H and O–H groups in total. The van der Waals surface area contributed by atoms with E-state index in [0.29, 0.717) is 25.9 Å². The van der Waals surface area contributed by atoms with Crippen molar-refractivity contribution in [2.75, 3.05) is 13.1 Å². The third kappa shape index (κ3) is 2.68. The second-order valence-electron chi connectivity index (χ2n) is 8.73. The Hall–Kier alpha value is -2.04. The zero-order chi connectivity index (χ0) is 18.4. The molecule has 3 fully saturated rings. The van der Waals surface area contributed by atoms with Gasteiger partial charge in [0.15, 0.2) is 5.60 Å². The Bertz CT molecular complexity index is 709. The minimum atomic E-state index is -0.602. The van der Waals surface area contributed by atoms with Gasteiger partial charge >= 0.3 is 6.09 Å². The fourth-order valence-corrected chi connectivity index (χ4v) is 5.10. The minimum Gasteiger partial charge on any atom is -0.438 e. The highest BCUT2D eigenvalue weighted by atomic mass is 16.6. The second kappa shape index (κ2) is 6.00. The summed E-state index contributed by atoms with van der Waals surface area (Å²) < 4.78 is 5.64. The largest absolute Gasteiger partial charge is 0.438 e. The summed E-state index contributed by atoms with van der Waals surface area (Å²) in [5.74, 6) is 0.186. The van der Waals surface area contributed by atoms with Crippen LogP contribution < -0.4 is 5.32 Å². The third-order valence-electron chi connectivity index (χ3n) is 6.86. The third-order valence-corrected chi connectivity index (χ3v) is 6.86. The maximum atomic E-state index is 13.2. The lowest BCUT2D eigenvalue weighted by atomic mass is 9.76. The summed E-state index contributed by atoms with van der Waals surface area (Å²) in [6, 6.07) is 10.5. The van der Waals surface area contributed by atoms with Crippen LogP contribution in [0, 0.1) is 0 Å². The van der Waals surface area contributed by atoms with Gasteiger partial charge in [-0.2, -0.15) is 0 Å². The Morgan fingerprint density at radius 2 is 1.85 bits per heavy atom. The molecule has 5 nitrogen and oxygen atoms in total. The number of carbonyl (C=O) groups excluding carboxylic acids is 2. The van der Waals surface area contributed by atoms with Crippen molar-refractivity contribution >= 4 is 12.0 Å². The molecule has 1 spiro atoms. The summed E-state index contributed by atoms with van der Waals surface area (Å²) >= 11 is 0. The molecule has 1 unspecified atom stereocenters. The summed E-state index contributed by atoms with van der Waals surface area (Å²) in [7, 11) is 0. The number of nitrogens with zero attached hydrogens (tertiary/aromatic N) is 1. The summed E-state index contributed by atoms with van der Waals surface area (Å²) in [6.45, 7) is 5.10. The monoisotopic (exact) mass is 356 g/mol. The van der Waals surface area contributed by atoms with E-state index in [1.807, 2.05) is 24.8 Å². The van der Waals surface area contributed by atoms with E-state index >= 15 is 0 Å². The Morgan fingerprint density at radius 3 is 2.46 bits per heavy atom. The topological polar surface area (TPSA) is 58.6 Å². The van der Waals surface area contributed by atoms with Gasteiger partial charge in [0.25, 0.3) is 0 Å². The number of benzene rings is 1. The standard InChI is InChI=1S/C21H28N2O3/c1-19(2)21(26-18(25)22-19)12-13-23(15-21)17(24)14-20(10-6-7-11-20)16-8-4-3-5-9-16/h3-5,8-9H,6-7,10-15H2,1-2H3,(H,22,25). The van der Waals surface area contributed by atoms with Gasteiger partial charge in [-0.25, -0.2) is 4.79 Å². The number of hydrogen-bond acceptors (Lipinski definition) is 3. The molecule has 0 aromatic heterocycles. The SMILES string of the molecule is CC1(C)NC(=O)OC12CCN(C(=O)CC1(c3ccccc3)CCCC1)C2. The minimum absolute atomic E-state index is 0.0335. The molecule has 1 aromatic rings. The lowest BCUT2D eigenvalue weighted by molar-refractivity contribution is -0.132. The van der Waals surface area contributed by atoms with Gasteiger partial charge in [-0.3, -0.25) is 4.79 Å². The number of alkyl carbamates (subject to hydrolysis) is 1. The highest BCUT2D eigenvalue weighted by Crippen LogP contribution is 2.45. The maximum Gasteiger partial charge on any atom is 0.408 e. The predicted molar refractivity (Wildman–Crippen MR) is 98.8 cm³/mol. The van der Waals surface area contributed by atoms with Crippen molar-refractivity contribution in [2.45, 2.75) is 68.9 Å². The maximum absolute atomic E-state index is 13.2. The predicted octanol–water partition coefficient (Wildman–Crippen LogP) is 3.38. The van der Waals surface area contributed by atoms with Gasteiger partial charge < -0.3 is 15.0 Å². The summed E-state index contributed by atoms with van der Waals surface area (Å²) in [6.07, 6.45) is 5.38. The van der Waals surface area contributed by atoms with Crippen LogP contribution in [0.15, 0.2) is 30.3 Å². The van der Waals surface area contributed by atoms with Crippen LogP contribution in [-0.4, -0.2) is 41.1 Å². The molecule has 1 atom stereocenters. The summed E-state index contributed by atoms with van der Waals surface area (Å²) in [5, 5.41) is 2.89. The molecule has 26 heavy (non-hydrogen) atoms. The van der Waals surface area contributed by atoms with Gasteiger partial charge in [-0.15, -0.1) is 0 Å². The zero-order valence-corrected chi connectivity index (χ0v) is 15.7. The van der Waals surface area contributed by atoms with Crippen LogP contribution in [0.1, 0.15) is 57.9 Å². The van der Waals surface area contributed by atoms with Crippen LogP contribution in [-0.2, 0) is 14.9 Å². The molecule has 5 heteroatoms. The number of rotatable bonds is 3. The molecule has 2 heterocycles. The van der Waals surface area contributed by atoms with Crippen molar-refractivity contribution in [1.82, 2.24) is 10.2 Å². The van der Waals surface area contributed by atoms with Crippen LogP contribution >= 0.6 is 0 Å². The van der Waals surface area contributed by atoms with Gasteiger partial charge in [-0.05, 0) is 32.3 Å². The van der Waals surface area contributed by atoms with Crippen LogP contribution in [0.4, 0.5) is 4.79 Å². The van der Waals surface area contributed by atoms with E-state index in [0.717, 1.165) is 12.8 Å². The van der Waals surface area contributed by atoms with Gasteiger partial charge in [-0.1, -0.05) is 43.2 Å². The van der Waals surface area contributed by atoms with Crippen LogP contribution in [0.3, 0.4) is 0 Å². The molecule has 140 valence electrons. The molecular weight excluding hydrogens is 328 g/mol. The van der Waals surface area contributed by atoms with E-state index in [4.69, 9.17) is 4.74 Å². The molecule has 0 bridgehead atoms. The van der Waals surface area contributed by atoms with Crippen molar-refractivity contribution in [2.24, 2.45) is 0 Å². The van der Waals surface area contributed by atoms with Crippen molar-refractivity contribution in [3.63, 3.8) is 0 Å². The first kappa shape index (κ1) is 17.4. The first-order chi connectivity index (χ1) is 12.4. The van der Waals surface area contributed by atoms with Gasteiger partial charge in [0.2, 0.25) is 5.91 Å². The normalized spacial score (nSPS) is 29.0. The molecule has 1 aliphatic carbocycles. The van der Waals surface area contributed by atoms with E-state index < -0.39 is 11.1 Å². The molecule has 4 rings (SSSR count). The molecule has 3 aliphatic rings. The second-order valence-corrected chi connectivity index (χ2v) is 8.73. The Kier molecular flexibility index (Phi) is 4.01. The van der Waals surface area contributed by atoms with Crippen molar-refractivity contribution in [3.05, 3.63) is 35.9 Å². The first-order valence-electron chi connectivity index (χ1n) is 9.70. The molecule has 0 radical (unpaired) electrons. The van der Waals surface area contributed by atoms with Gasteiger partial charge in [0, 0.05) is 24.8 Å². The molecule has 2 aliphatic heterocycles. The Labute approximate surface area is 155 Å². The average molecular weight is 356 g/mol. The van der Waals surface area contributed by atoms with E-state index in [-0.39, 0.29) is 17.4 Å². The van der Waals surface area contributed by atoms with E-state index in [1.54, 1.807) is 0 Å². The molecular formula is C21H28N2O3. The number of carbonyl (C=O) groups is 2. The fraction of sp³-hybridized carbons (Fsp3) is 0.619. The number of likely N-dealkylation sites (tertiary alicyclic amines) is 1. The lowest BCUT2D eigenvalue weighted by Gasteiger charge is -2.35. The summed E-state index contributed by atoms with van der Waals surface area (Å²) in [5.41, 5.74) is 0.196. The quantitative estimate of drug-likeness (QED) is 0.903. The zero-order valence-electron chi connectivity index (χ0n) is 15.7. The lowest BCUT2D eigenvalue weighted by Crippen LogP contribution is -2.54. The molecule has 2 amide bonds. The fourth-order valence-electron chi connectivity index (χ4n) is 5.10. The van der Waals surface area contributed by atoms with E-state index in [1.165, 1.54) is 18.4 Å². The van der Waals surface area contributed by atoms with Crippen LogP contribution in [0.2, 0.25) is 0 Å².